The van der Waals surface area contributed by atoms with Crippen molar-refractivity contribution >= 4 is 56.8 Å². The molecule has 5 nitrogen and oxygen atoms in total. The van der Waals surface area contributed by atoms with Crippen LogP contribution < -0.4 is 10.2 Å². The third-order valence-corrected chi connectivity index (χ3v) is 4.00. The molecule has 0 aliphatic carbocycles. The zero-order valence-corrected chi connectivity index (χ0v) is 14.5. The highest BCUT2D eigenvalue weighted by Gasteiger charge is 2.34. The maximum absolute atomic E-state index is 12.8. The summed E-state index contributed by atoms with van der Waals surface area (Å²) in [6.07, 6.45) is 6.58. The number of carbonyl (C=O) groups excluding carboxylic acids is 2. The van der Waals surface area contributed by atoms with E-state index in [9.17, 15) is 9.59 Å². The number of hydrogen-bond acceptors (Lipinski definition) is 4. The number of rotatable bonds is 2. The maximum atomic E-state index is 12.8. The molecule has 1 aromatic carbocycles. The number of nitrogens with one attached hydrogen (secondary N) is 1. The molecule has 1 N–H and O–H groups in total. The number of halogens is 1. The minimum Gasteiger partial charge on any atom is -0.448 e. The SMILES string of the molecule is C#Cc1ccc(/C=C2\C(=O)NC(=S)N(c3cccc(Br)c3)C2=O)o1. The van der Waals surface area contributed by atoms with Gasteiger partial charge in [-0.15, -0.1) is 6.42 Å². The van der Waals surface area contributed by atoms with Crippen molar-refractivity contribution in [3.63, 3.8) is 0 Å². The quantitative estimate of drug-likeness (QED) is 0.364. The fourth-order valence-corrected chi connectivity index (χ4v) is 2.83. The molecule has 1 fully saturated rings. The summed E-state index contributed by atoms with van der Waals surface area (Å²) in [7, 11) is 0. The van der Waals surface area contributed by atoms with Crippen LogP contribution >= 0.6 is 28.1 Å². The van der Waals surface area contributed by atoms with Crippen LogP contribution in [0.3, 0.4) is 0 Å². The molecular weight excluding hydrogens is 392 g/mol. The molecule has 0 unspecified atom stereocenters. The molecule has 0 atom stereocenters. The van der Waals surface area contributed by atoms with Crippen molar-refractivity contribution < 1.29 is 14.0 Å². The molecule has 0 spiro atoms. The number of thiocarbonyl (C=S) groups is 1. The van der Waals surface area contributed by atoms with E-state index in [1.165, 1.54) is 11.0 Å². The highest BCUT2D eigenvalue weighted by Crippen LogP contribution is 2.25. The van der Waals surface area contributed by atoms with Crippen LogP contribution in [0.4, 0.5) is 5.69 Å². The molecule has 2 heterocycles. The molecule has 0 radical (unpaired) electrons. The molecule has 24 heavy (non-hydrogen) atoms. The van der Waals surface area contributed by atoms with Crippen LogP contribution in [0.25, 0.3) is 6.08 Å². The molecule has 7 heteroatoms. The molecule has 118 valence electrons. The third-order valence-electron chi connectivity index (χ3n) is 3.22. The molecule has 0 saturated carbocycles. The van der Waals surface area contributed by atoms with Gasteiger partial charge in [0.15, 0.2) is 10.9 Å². The van der Waals surface area contributed by atoms with Gasteiger partial charge in [0.25, 0.3) is 11.8 Å². The fourth-order valence-electron chi connectivity index (χ4n) is 2.16. The Hall–Kier alpha value is -2.69. The number of hydrogen-bond donors (Lipinski definition) is 1. The first-order valence-electron chi connectivity index (χ1n) is 6.73. The number of nitrogens with zero attached hydrogens (tertiary/aromatic N) is 1. The first-order valence-corrected chi connectivity index (χ1v) is 7.93. The highest BCUT2D eigenvalue weighted by atomic mass is 79.9. The van der Waals surface area contributed by atoms with Crippen LogP contribution in [0.15, 0.2) is 50.9 Å². The molecular formula is C17H9BrN2O3S. The molecule has 3 rings (SSSR count). The summed E-state index contributed by atoms with van der Waals surface area (Å²) in [5.74, 6) is 1.83. The minimum atomic E-state index is -0.588. The maximum Gasteiger partial charge on any atom is 0.270 e. The Bertz CT molecular complexity index is 939. The third kappa shape index (κ3) is 3.02. The van der Waals surface area contributed by atoms with Gasteiger partial charge in [0, 0.05) is 4.47 Å². The average molecular weight is 401 g/mol. The zero-order chi connectivity index (χ0) is 17.3. The van der Waals surface area contributed by atoms with E-state index in [2.05, 4.69) is 27.2 Å². The Morgan fingerprint density at radius 2 is 2.08 bits per heavy atom. The van der Waals surface area contributed by atoms with E-state index in [1.54, 1.807) is 30.3 Å². The van der Waals surface area contributed by atoms with Gasteiger partial charge in [-0.05, 0) is 54.5 Å². The summed E-state index contributed by atoms with van der Waals surface area (Å²) < 4.78 is 6.10. The van der Waals surface area contributed by atoms with E-state index in [4.69, 9.17) is 23.1 Å². The second-order valence-electron chi connectivity index (χ2n) is 4.78. The molecule has 0 bridgehead atoms. The van der Waals surface area contributed by atoms with E-state index in [0.29, 0.717) is 17.2 Å². The monoisotopic (exact) mass is 400 g/mol. The Labute approximate surface area is 151 Å². The lowest BCUT2D eigenvalue weighted by atomic mass is 10.1. The Kier molecular flexibility index (Phi) is 4.34. The number of furan rings is 1. The Morgan fingerprint density at radius 3 is 2.75 bits per heavy atom. The number of amides is 2. The van der Waals surface area contributed by atoms with Gasteiger partial charge >= 0.3 is 0 Å². The van der Waals surface area contributed by atoms with Crippen molar-refractivity contribution in [3.8, 4) is 12.3 Å². The first-order chi connectivity index (χ1) is 11.5. The van der Waals surface area contributed by atoms with Crippen LogP contribution in [0.1, 0.15) is 11.5 Å². The topological polar surface area (TPSA) is 62.6 Å². The smallest absolute Gasteiger partial charge is 0.270 e. The number of terminal acetylenes is 1. The van der Waals surface area contributed by atoms with E-state index < -0.39 is 11.8 Å². The fraction of sp³-hybridized carbons (Fsp3) is 0. The second kappa shape index (κ2) is 6.43. The molecule has 2 aromatic rings. The standard InChI is InChI=1S/C17H9BrN2O3S/c1-2-12-6-7-13(23-12)9-14-15(21)19-17(24)20(16(14)22)11-5-3-4-10(18)8-11/h1,3-9H,(H,19,21,24)/b14-9+. The predicted octanol–water partition coefficient (Wildman–Crippen LogP) is 2.85. The zero-order valence-electron chi connectivity index (χ0n) is 12.1. The first kappa shape index (κ1) is 16.2. The van der Waals surface area contributed by atoms with Crippen molar-refractivity contribution in [2.75, 3.05) is 4.90 Å². The number of anilines is 1. The normalized spacial score (nSPS) is 16.2. The van der Waals surface area contributed by atoms with Crippen molar-refractivity contribution in [2.45, 2.75) is 0 Å². The van der Waals surface area contributed by atoms with Crippen molar-refractivity contribution in [3.05, 3.63) is 58.0 Å². The average Bonchev–Trinajstić information content (AvgIpc) is 2.99. The molecule has 1 saturated heterocycles. The van der Waals surface area contributed by atoms with Gasteiger partial charge in [0.2, 0.25) is 0 Å². The Morgan fingerprint density at radius 1 is 1.29 bits per heavy atom. The van der Waals surface area contributed by atoms with Gasteiger partial charge in [-0.1, -0.05) is 22.0 Å². The summed E-state index contributed by atoms with van der Waals surface area (Å²) in [4.78, 5) is 26.1. The van der Waals surface area contributed by atoms with E-state index >= 15 is 0 Å². The molecule has 1 aromatic heterocycles. The van der Waals surface area contributed by atoms with Crippen LogP contribution in [0.5, 0.6) is 0 Å². The van der Waals surface area contributed by atoms with Gasteiger partial charge in [0.05, 0.1) is 5.69 Å². The largest absolute Gasteiger partial charge is 0.448 e. The molecule has 2 amide bonds. The highest BCUT2D eigenvalue weighted by molar-refractivity contribution is 9.10. The van der Waals surface area contributed by atoms with E-state index in [0.717, 1.165) is 4.47 Å². The summed E-state index contributed by atoms with van der Waals surface area (Å²) in [6, 6.07) is 10.2. The summed E-state index contributed by atoms with van der Waals surface area (Å²) in [5, 5.41) is 2.52. The number of carbonyl (C=O) groups is 2. The van der Waals surface area contributed by atoms with Crippen LogP contribution in [-0.2, 0) is 9.59 Å². The minimum absolute atomic E-state index is 0.0176. The van der Waals surface area contributed by atoms with Crippen molar-refractivity contribution in [1.82, 2.24) is 5.32 Å². The van der Waals surface area contributed by atoms with Crippen molar-refractivity contribution in [1.29, 1.82) is 0 Å². The summed E-state index contributed by atoms with van der Waals surface area (Å²) in [6.45, 7) is 0. The van der Waals surface area contributed by atoms with Gasteiger partial charge in [0.1, 0.15) is 11.3 Å². The van der Waals surface area contributed by atoms with Crippen LogP contribution in [0, 0.1) is 12.3 Å². The van der Waals surface area contributed by atoms with E-state index in [-0.39, 0.29) is 10.7 Å². The lowest BCUT2D eigenvalue weighted by Gasteiger charge is -2.28. The Balaban J connectivity index is 2.01. The lowest BCUT2D eigenvalue weighted by Crippen LogP contribution is -2.54. The number of benzene rings is 1. The van der Waals surface area contributed by atoms with Gasteiger partial charge < -0.3 is 4.42 Å². The summed E-state index contributed by atoms with van der Waals surface area (Å²) >= 11 is 8.47. The summed E-state index contributed by atoms with van der Waals surface area (Å²) in [5.41, 5.74) is 0.440. The van der Waals surface area contributed by atoms with Gasteiger partial charge in [-0.3, -0.25) is 19.8 Å². The lowest BCUT2D eigenvalue weighted by molar-refractivity contribution is -0.122. The van der Waals surface area contributed by atoms with Gasteiger partial charge in [-0.2, -0.15) is 0 Å². The molecule has 1 aliphatic rings. The van der Waals surface area contributed by atoms with Gasteiger partial charge in [-0.25, -0.2) is 0 Å². The van der Waals surface area contributed by atoms with Crippen LogP contribution in [-0.4, -0.2) is 16.9 Å². The predicted molar refractivity (Wildman–Crippen MR) is 97.0 cm³/mol. The van der Waals surface area contributed by atoms with E-state index in [1.807, 2.05) is 6.07 Å². The van der Waals surface area contributed by atoms with Crippen LogP contribution in [0.2, 0.25) is 0 Å². The van der Waals surface area contributed by atoms with Crippen molar-refractivity contribution in [2.24, 2.45) is 0 Å². The second-order valence-corrected chi connectivity index (χ2v) is 6.09. The molecule has 1 aliphatic heterocycles.